The molecule has 5 atom stereocenters. The molecular weight excluding hydrogens is 420 g/mol. The first-order valence-electron chi connectivity index (χ1n) is 10.3. The molecule has 0 radical (unpaired) electrons. The van der Waals surface area contributed by atoms with E-state index in [1.807, 2.05) is 20.8 Å². The van der Waals surface area contributed by atoms with Gasteiger partial charge in [-0.3, -0.25) is 14.4 Å². The normalized spacial score (nSPS) is 16.3. The summed E-state index contributed by atoms with van der Waals surface area (Å²) in [5.41, 5.74) is -0.257. The van der Waals surface area contributed by atoms with Gasteiger partial charge in [0.2, 0.25) is 5.91 Å². The van der Waals surface area contributed by atoms with E-state index < -0.39 is 48.2 Å². The van der Waals surface area contributed by atoms with Crippen LogP contribution in [0.15, 0.2) is 12.2 Å². The maximum Gasteiger partial charge on any atom is 0.306 e. The average Bonchev–Trinajstić information content (AvgIpc) is 2.72. The first kappa shape index (κ1) is 29.5. The van der Waals surface area contributed by atoms with Gasteiger partial charge in [-0.15, -0.1) is 12.3 Å². The summed E-state index contributed by atoms with van der Waals surface area (Å²) in [7, 11) is 1.15. The maximum absolute atomic E-state index is 12.4. The monoisotopic (exact) mass is 456 g/mol. The van der Waals surface area contributed by atoms with Crippen LogP contribution >= 0.6 is 0 Å². The van der Waals surface area contributed by atoms with Crippen molar-refractivity contribution in [3.63, 3.8) is 0 Å². The summed E-state index contributed by atoms with van der Waals surface area (Å²) < 4.78 is 9.85. The van der Waals surface area contributed by atoms with E-state index in [0.717, 1.165) is 7.11 Å². The van der Waals surface area contributed by atoms with Crippen molar-refractivity contribution in [3.8, 4) is 12.3 Å². The highest BCUT2D eigenvalue weighted by Gasteiger charge is 2.36. The lowest BCUT2D eigenvalue weighted by atomic mass is 9.94. The smallest absolute Gasteiger partial charge is 0.306 e. The Labute approximate surface area is 189 Å². The number of carbonyl (C=O) groups is 3. The van der Waals surface area contributed by atoms with Crippen molar-refractivity contribution < 1.29 is 39.2 Å². The van der Waals surface area contributed by atoms with Crippen LogP contribution in [-0.2, 0) is 23.9 Å². The number of ether oxygens (including phenoxy) is 2. The molecule has 2 amide bonds. The second-order valence-electron chi connectivity index (χ2n) is 8.30. The summed E-state index contributed by atoms with van der Waals surface area (Å²) in [6.45, 7) is 7.05. The average molecular weight is 457 g/mol. The van der Waals surface area contributed by atoms with E-state index in [9.17, 15) is 29.7 Å². The van der Waals surface area contributed by atoms with Gasteiger partial charge in [0.15, 0.2) is 6.10 Å². The molecule has 5 N–H and O–H groups in total. The fourth-order valence-corrected chi connectivity index (χ4v) is 2.38. The number of terminal acetylenes is 1. The number of aliphatic hydroxyl groups is 3. The lowest BCUT2D eigenvalue weighted by Gasteiger charge is -2.28. The number of methoxy groups -OCH3 is 1. The zero-order chi connectivity index (χ0) is 24.9. The van der Waals surface area contributed by atoms with E-state index in [-0.39, 0.29) is 31.4 Å². The third-order valence-electron chi connectivity index (χ3n) is 4.21. The van der Waals surface area contributed by atoms with Gasteiger partial charge in [0.1, 0.15) is 31.0 Å². The number of aliphatic hydroxyl groups excluding tert-OH is 3. The minimum absolute atomic E-state index is 0.0299. The third kappa shape index (κ3) is 11.8. The van der Waals surface area contributed by atoms with Crippen molar-refractivity contribution in [2.45, 2.75) is 71.0 Å². The summed E-state index contributed by atoms with van der Waals surface area (Å²) in [5, 5.41) is 35.4. The molecule has 0 unspecified atom stereocenters. The number of esters is 1. The van der Waals surface area contributed by atoms with Crippen LogP contribution in [0.5, 0.6) is 0 Å². The van der Waals surface area contributed by atoms with Crippen LogP contribution in [-0.4, -0.2) is 83.8 Å². The van der Waals surface area contributed by atoms with E-state index in [4.69, 9.17) is 15.9 Å². The second kappa shape index (κ2) is 14.6. The summed E-state index contributed by atoms with van der Waals surface area (Å²) >= 11 is 0. The minimum atomic E-state index is -1.75. The molecule has 0 aliphatic heterocycles. The minimum Gasteiger partial charge on any atom is -0.464 e. The molecule has 0 aliphatic carbocycles. The van der Waals surface area contributed by atoms with E-state index in [2.05, 4.69) is 16.6 Å². The predicted octanol–water partition coefficient (Wildman–Crippen LogP) is -0.736. The van der Waals surface area contributed by atoms with Gasteiger partial charge >= 0.3 is 5.97 Å². The van der Waals surface area contributed by atoms with Crippen molar-refractivity contribution in [2.24, 2.45) is 5.41 Å². The van der Waals surface area contributed by atoms with Crippen LogP contribution in [0.2, 0.25) is 0 Å². The van der Waals surface area contributed by atoms with Gasteiger partial charge in [0, 0.05) is 13.5 Å². The van der Waals surface area contributed by atoms with Gasteiger partial charge in [-0.2, -0.15) is 0 Å². The second-order valence-corrected chi connectivity index (χ2v) is 8.30. The molecular formula is C22H36N2O8. The number of nitrogens with one attached hydrogen (secondary N) is 2. The van der Waals surface area contributed by atoms with Crippen LogP contribution in [0.1, 0.15) is 40.5 Å². The van der Waals surface area contributed by atoms with Crippen molar-refractivity contribution in [3.05, 3.63) is 12.2 Å². The SMILES string of the molecule is C#CCCC(=O)OCCNC(=O)[C@H](C)NC(=O)[C@H](OC)[C@H](O)[C@@H](O)[C@H](O)C=CC(C)(C)C. The quantitative estimate of drug-likeness (QED) is 0.105. The highest BCUT2D eigenvalue weighted by Crippen LogP contribution is 2.17. The maximum atomic E-state index is 12.4. The molecule has 182 valence electrons. The van der Waals surface area contributed by atoms with Crippen molar-refractivity contribution in [1.29, 1.82) is 0 Å². The summed E-state index contributed by atoms with van der Waals surface area (Å²) in [4.78, 5) is 35.8. The van der Waals surface area contributed by atoms with Gasteiger partial charge in [-0.05, 0) is 12.3 Å². The molecule has 10 heteroatoms. The fraction of sp³-hybridized carbons (Fsp3) is 0.682. The van der Waals surface area contributed by atoms with Crippen LogP contribution < -0.4 is 10.6 Å². The number of amides is 2. The standard InChI is InChI=1S/C22H36N2O8/c1-7-8-9-16(26)32-13-12-23-20(29)14(2)24-21(30)19(31-6)18(28)17(27)15(25)10-11-22(3,4)5/h1,10-11,14-15,17-19,25,27-28H,8-9,12-13H2,2-6H3,(H,23,29)(H,24,30)/t14-,15+,17-,18+,19+/m0/s1. The topological polar surface area (TPSA) is 154 Å². The zero-order valence-corrected chi connectivity index (χ0v) is 19.3. The Kier molecular flexibility index (Phi) is 13.5. The number of hydrogen-bond acceptors (Lipinski definition) is 8. The Morgan fingerprint density at radius 1 is 1.12 bits per heavy atom. The van der Waals surface area contributed by atoms with Crippen LogP contribution in [0.4, 0.5) is 0 Å². The van der Waals surface area contributed by atoms with E-state index in [1.165, 1.54) is 13.0 Å². The van der Waals surface area contributed by atoms with Gasteiger partial charge < -0.3 is 35.4 Å². The molecule has 0 aliphatic rings. The summed E-state index contributed by atoms with van der Waals surface area (Å²) in [5.74, 6) is 0.426. The number of hydrogen-bond donors (Lipinski definition) is 5. The number of rotatable bonds is 13. The van der Waals surface area contributed by atoms with Crippen LogP contribution in [0.3, 0.4) is 0 Å². The molecule has 0 spiro atoms. The predicted molar refractivity (Wildman–Crippen MR) is 117 cm³/mol. The molecule has 0 aromatic heterocycles. The zero-order valence-electron chi connectivity index (χ0n) is 19.3. The van der Waals surface area contributed by atoms with Gasteiger partial charge in [0.05, 0.1) is 13.0 Å². The molecule has 0 heterocycles. The highest BCUT2D eigenvalue weighted by atomic mass is 16.5. The van der Waals surface area contributed by atoms with Crippen molar-refractivity contribution in [1.82, 2.24) is 10.6 Å². The Balaban J connectivity index is 4.67. The third-order valence-corrected chi connectivity index (χ3v) is 4.21. The number of allylic oxidation sites excluding steroid dienone is 1. The van der Waals surface area contributed by atoms with Crippen molar-refractivity contribution >= 4 is 17.8 Å². The van der Waals surface area contributed by atoms with Gasteiger partial charge in [-0.1, -0.05) is 32.9 Å². The molecule has 0 rings (SSSR count). The molecule has 0 saturated heterocycles. The Morgan fingerprint density at radius 3 is 2.28 bits per heavy atom. The summed E-state index contributed by atoms with van der Waals surface area (Å²) in [6.07, 6.45) is 1.98. The first-order valence-corrected chi connectivity index (χ1v) is 10.3. The molecule has 0 aromatic rings. The number of carbonyl (C=O) groups excluding carboxylic acids is 3. The van der Waals surface area contributed by atoms with E-state index >= 15 is 0 Å². The fourth-order valence-electron chi connectivity index (χ4n) is 2.38. The lowest BCUT2D eigenvalue weighted by molar-refractivity contribution is -0.150. The molecule has 0 bridgehead atoms. The van der Waals surface area contributed by atoms with E-state index in [1.54, 1.807) is 6.08 Å². The molecule has 32 heavy (non-hydrogen) atoms. The molecule has 0 fully saturated rings. The van der Waals surface area contributed by atoms with Gasteiger partial charge in [0.25, 0.3) is 5.91 Å². The Morgan fingerprint density at radius 2 is 1.75 bits per heavy atom. The highest BCUT2D eigenvalue weighted by molar-refractivity contribution is 5.89. The Hall–Kier alpha value is -2.45. The Bertz CT molecular complexity index is 680. The van der Waals surface area contributed by atoms with E-state index in [0.29, 0.717) is 0 Å². The van der Waals surface area contributed by atoms with Crippen molar-refractivity contribution in [2.75, 3.05) is 20.3 Å². The largest absolute Gasteiger partial charge is 0.464 e. The van der Waals surface area contributed by atoms with Gasteiger partial charge in [-0.25, -0.2) is 0 Å². The molecule has 0 saturated carbocycles. The van der Waals surface area contributed by atoms with Crippen LogP contribution in [0, 0.1) is 17.8 Å². The molecule has 0 aromatic carbocycles. The molecule has 10 nitrogen and oxygen atoms in total. The first-order chi connectivity index (χ1) is 14.8. The lowest BCUT2D eigenvalue weighted by Crippen LogP contribution is -2.55. The summed E-state index contributed by atoms with van der Waals surface area (Å²) in [6, 6.07) is -1.01. The van der Waals surface area contributed by atoms with Crippen LogP contribution in [0.25, 0.3) is 0 Å².